The molecule has 4 aliphatic rings. The Morgan fingerprint density at radius 3 is 2.38 bits per heavy atom. The monoisotopic (exact) mass is 446 g/mol. The second-order valence-corrected chi connectivity index (χ2v) is 10.1. The van der Waals surface area contributed by atoms with E-state index in [1.807, 2.05) is 6.20 Å². The number of halogens is 3. The molecule has 9 heteroatoms. The van der Waals surface area contributed by atoms with Gasteiger partial charge < -0.3 is 15.2 Å². The van der Waals surface area contributed by atoms with Crippen LogP contribution in [-0.4, -0.2) is 63.6 Å². The molecule has 3 heterocycles. The fourth-order valence-electron chi connectivity index (χ4n) is 5.95. The molecule has 2 atom stereocenters. The molecule has 172 valence electrons. The second-order valence-electron chi connectivity index (χ2n) is 10.1. The summed E-state index contributed by atoms with van der Waals surface area (Å²) >= 11 is 0. The van der Waals surface area contributed by atoms with E-state index in [0.717, 1.165) is 50.9 Å². The smallest absolute Gasteiger partial charge is 0.383 e. The molecule has 1 aliphatic heterocycles. The third-order valence-electron chi connectivity index (χ3n) is 7.97. The third kappa shape index (κ3) is 3.50. The van der Waals surface area contributed by atoms with Gasteiger partial charge in [0.05, 0.1) is 11.3 Å². The van der Waals surface area contributed by atoms with Crippen LogP contribution < -0.4 is 5.73 Å². The normalized spacial score (nSPS) is 31.1. The van der Waals surface area contributed by atoms with Gasteiger partial charge in [0.25, 0.3) is 0 Å². The average Bonchev–Trinajstić information content (AvgIpc) is 3.62. The fraction of sp³-hybridized carbons (Fsp3) is 0.652. The van der Waals surface area contributed by atoms with Crippen LogP contribution in [0.2, 0.25) is 0 Å². The molecule has 32 heavy (non-hydrogen) atoms. The number of rotatable bonds is 4. The zero-order valence-electron chi connectivity index (χ0n) is 18.2. The SMILES string of the molecule is CN1CCN(C2CC3C(C2)C3n2cc(-c3cnc(N)c(C(F)(F)F)c3)nc2C2CC2)CC1. The molecule has 3 aliphatic carbocycles. The minimum Gasteiger partial charge on any atom is -0.383 e. The van der Waals surface area contributed by atoms with E-state index in [1.54, 1.807) is 0 Å². The second kappa shape index (κ2) is 7.18. The van der Waals surface area contributed by atoms with Crippen molar-refractivity contribution in [3.05, 3.63) is 29.8 Å². The Kier molecular flexibility index (Phi) is 4.60. The van der Waals surface area contributed by atoms with Crippen molar-refractivity contribution in [1.82, 2.24) is 24.3 Å². The van der Waals surface area contributed by atoms with Crippen molar-refractivity contribution < 1.29 is 13.2 Å². The highest BCUT2D eigenvalue weighted by atomic mass is 19.4. The quantitative estimate of drug-likeness (QED) is 0.777. The summed E-state index contributed by atoms with van der Waals surface area (Å²) in [5.74, 6) is 2.31. The molecule has 6 nitrogen and oxygen atoms in total. The van der Waals surface area contributed by atoms with Gasteiger partial charge in [-0.05, 0) is 50.6 Å². The number of fused-ring (bicyclic) bond motifs is 1. The fourth-order valence-corrected chi connectivity index (χ4v) is 5.95. The Morgan fingerprint density at radius 1 is 1.06 bits per heavy atom. The van der Waals surface area contributed by atoms with Crippen LogP contribution in [0.1, 0.15) is 49.0 Å². The number of hydrogen-bond donors (Lipinski definition) is 1. The molecule has 3 saturated carbocycles. The van der Waals surface area contributed by atoms with Crippen LogP contribution in [0.4, 0.5) is 19.0 Å². The number of imidazole rings is 1. The average molecular weight is 447 g/mol. The Morgan fingerprint density at radius 2 is 1.75 bits per heavy atom. The van der Waals surface area contributed by atoms with E-state index in [4.69, 9.17) is 10.7 Å². The lowest BCUT2D eigenvalue weighted by Gasteiger charge is -2.37. The largest absolute Gasteiger partial charge is 0.419 e. The summed E-state index contributed by atoms with van der Waals surface area (Å²) in [4.78, 5) is 13.7. The summed E-state index contributed by atoms with van der Waals surface area (Å²) < 4.78 is 42.3. The summed E-state index contributed by atoms with van der Waals surface area (Å²) in [6.07, 6.45) is 3.50. The Labute approximate surface area is 185 Å². The number of pyridine rings is 1. The number of hydrogen-bond acceptors (Lipinski definition) is 5. The minimum atomic E-state index is -4.53. The van der Waals surface area contributed by atoms with Crippen molar-refractivity contribution in [3.8, 4) is 11.3 Å². The molecule has 2 aromatic heterocycles. The van der Waals surface area contributed by atoms with Crippen molar-refractivity contribution in [1.29, 1.82) is 0 Å². The number of nitrogen functional groups attached to an aromatic ring is 1. The standard InChI is InChI=1S/C23H29F3N6/c1-30-4-6-31(7-5-30)15-9-16-17(10-15)20(16)32-12-19(29-22(32)13-2-3-13)14-8-18(23(24,25)26)21(27)28-11-14/h8,11-13,15-17,20H,2-7,9-10H2,1H3,(H2,27,28). The number of likely N-dealkylation sites (N-methyl/N-ethyl adjacent to an activating group) is 1. The van der Waals surface area contributed by atoms with E-state index in [-0.39, 0.29) is 0 Å². The Bertz CT molecular complexity index is 1010. The van der Waals surface area contributed by atoms with E-state index in [0.29, 0.717) is 41.1 Å². The predicted octanol–water partition coefficient (Wildman–Crippen LogP) is 3.62. The number of nitrogens with zero attached hydrogens (tertiary/aromatic N) is 5. The molecule has 6 rings (SSSR count). The molecule has 0 radical (unpaired) electrons. The van der Waals surface area contributed by atoms with E-state index in [2.05, 4.69) is 26.4 Å². The first-order valence-electron chi connectivity index (χ1n) is 11.6. The molecule has 1 saturated heterocycles. The van der Waals surface area contributed by atoms with E-state index < -0.39 is 17.6 Å². The number of piperazine rings is 1. The molecule has 2 N–H and O–H groups in total. The lowest BCUT2D eigenvalue weighted by atomic mass is 10.1. The van der Waals surface area contributed by atoms with Crippen LogP contribution in [0, 0.1) is 11.8 Å². The lowest BCUT2D eigenvalue weighted by Crippen LogP contribution is -2.48. The van der Waals surface area contributed by atoms with Gasteiger partial charge in [-0.1, -0.05) is 0 Å². The number of alkyl halides is 3. The molecule has 0 amide bonds. The highest BCUT2D eigenvalue weighted by molar-refractivity contribution is 5.62. The molecule has 0 spiro atoms. The van der Waals surface area contributed by atoms with Gasteiger partial charge in [0, 0.05) is 62.1 Å². The maximum absolute atomic E-state index is 13.3. The molecule has 0 bridgehead atoms. The molecular weight excluding hydrogens is 417 g/mol. The summed E-state index contributed by atoms with van der Waals surface area (Å²) in [7, 11) is 2.18. The van der Waals surface area contributed by atoms with Gasteiger partial charge in [-0.2, -0.15) is 13.2 Å². The Hall–Kier alpha value is -2.13. The van der Waals surface area contributed by atoms with Crippen molar-refractivity contribution >= 4 is 5.82 Å². The molecule has 4 fully saturated rings. The van der Waals surface area contributed by atoms with Gasteiger partial charge in [-0.15, -0.1) is 0 Å². The van der Waals surface area contributed by atoms with E-state index in [9.17, 15) is 13.2 Å². The van der Waals surface area contributed by atoms with Crippen LogP contribution in [0.5, 0.6) is 0 Å². The van der Waals surface area contributed by atoms with Crippen LogP contribution in [-0.2, 0) is 6.18 Å². The summed E-state index contributed by atoms with van der Waals surface area (Å²) in [6, 6.07) is 2.21. The summed E-state index contributed by atoms with van der Waals surface area (Å²) in [6.45, 7) is 4.59. The van der Waals surface area contributed by atoms with Crippen molar-refractivity contribution in [3.63, 3.8) is 0 Å². The molecular formula is C23H29F3N6. The maximum Gasteiger partial charge on any atom is 0.419 e. The van der Waals surface area contributed by atoms with Crippen LogP contribution >= 0.6 is 0 Å². The van der Waals surface area contributed by atoms with Gasteiger partial charge in [0.1, 0.15) is 11.6 Å². The Balaban J connectivity index is 1.23. The van der Waals surface area contributed by atoms with E-state index >= 15 is 0 Å². The van der Waals surface area contributed by atoms with Gasteiger partial charge in [0.15, 0.2) is 0 Å². The van der Waals surface area contributed by atoms with Gasteiger partial charge >= 0.3 is 6.18 Å². The van der Waals surface area contributed by atoms with Crippen LogP contribution in [0.15, 0.2) is 18.5 Å². The first-order valence-corrected chi connectivity index (χ1v) is 11.6. The van der Waals surface area contributed by atoms with Crippen molar-refractivity contribution in [2.75, 3.05) is 39.0 Å². The molecule has 0 aromatic carbocycles. The predicted molar refractivity (Wildman–Crippen MR) is 115 cm³/mol. The number of anilines is 1. The topological polar surface area (TPSA) is 63.2 Å². The van der Waals surface area contributed by atoms with E-state index in [1.165, 1.54) is 19.0 Å². The highest BCUT2D eigenvalue weighted by Crippen LogP contribution is 2.62. The first kappa shape index (κ1) is 20.5. The van der Waals surface area contributed by atoms with Gasteiger partial charge in [-0.25, -0.2) is 9.97 Å². The molecule has 2 unspecified atom stereocenters. The third-order valence-corrected chi connectivity index (χ3v) is 7.97. The first-order chi connectivity index (χ1) is 15.3. The number of nitrogens with two attached hydrogens (primary N) is 1. The summed E-state index contributed by atoms with van der Waals surface area (Å²) in [5, 5.41) is 0. The lowest BCUT2D eigenvalue weighted by molar-refractivity contribution is -0.137. The maximum atomic E-state index is 13.3. The zero-order chi connectivity index (χ0) is 22.2. The van der Waals surface area contributed by atoms with Crippen LogP contribution in [0.3, 0.4) is 0 Å². The minimum absolute atomic E-state index is 0.383. The van der Waals surface area contributed by atoms with Crippen molar-refractivity contribution in [2.45, 2.75) is 49.9 Å². The molecule has 2 aromatic rings. The number of aromatic nitrogens is 3. The van der Waals surface area contributed by atoms with Gasteiger partial charge in [-0.3, -0.25) is 4.90 Å². The zero-order valence-corrected chi connectivity index (χ0v) is 18.2. The highest BCUT2D eigenvalue weighted by Gasteiger charge is 2.59. The van der Waals surface area contributed by atoms with Gasteiger partial charge in [0.2, 0.25) is 0 Å². The van der Waals surface area contributed by atoms with Crippen molar-refractivity contribution in [2.24, 2.45) is 11.8 Å². The van der Waals surface area contributed by atoms with Crippen LogP contribution in [0.25, 0.3) is 11.3 Å². The summed E-state index contributed by atoms with van der Waals surface area (Å²) in [5.41, 5.74) is 5.55.